The zero-order chi connectivity index (χ0) is 21.8. The predicted molar refractivity (Wildman–Crippen MR) is 122 cm³/mol. The molecule has 8 heteroatoms. The number of nitrogens with one attached hydrogen (secondary N) is 2. The van der Waals surface area contributed by atoms with E-state index in [1.54, 1.807) is 6.20 Å². The van der Waals surface area contributed by atoms with E-state index in [1.807, 2.05) is 28.8 Å². The molecule has 3 heterocycles. The molecule has 0 saturated carbocycles. The van der Waals surface area contributed by atoms with Crippen LogP contribution in [-0.2, 0) is 19.4 Å². The lowest BCUT2D eigenvalue weighted by Gasteiger charge is -2.14. The number of nitrogens with zero attached hydrogens (tertiary/aromatic N) is 6. The number of H-pyrrole nitrogens is 1. The quantitative estimate of drug-likeness (QED) is 0.393. The highest BCUT2D eigenvalue weighted by molar-refractivity contribution is 5.49. The second-order valence-corrected chi connectivity index (χ2v) is 7.69. The van der Waals surface area contributed by atoms with E-state index in [-0.39, 0.29) is 5.92 Å². The van der Waals surface area contributed by atoms with Gasteiger partial charge in [0.2, 0.25) is 0 Å². The summed E-state index contributed by atoms with van der Waals surface area (Å²) < 4.78 is 1.84. The average molecular weight is 425 g/mol. The third-order valence-electron chi connectivity index (χ3n) is 5.59. The zero-order valence-electron chi connectivity index (χ0n) is 17.8. The van der Waals surface area contributed by atoms with Crippen LogP contribution >= 0.6 is 0 Å². The van der Waals surface area contributed by atoms with Gasteiger partial charge in [0.25, 0.3) is 0 Å². The van der Waals surface area contributed by atoms with E-state index in [4.69, 9.17) is 0 Å². The fourth-order valence-electron chi connectivity index (χ4n) is 3.85. The monoisotopic (exact) mass is 424 g/mol. The molecule has 0 aliphatic rings. The number of anilines is 1. The highest BCUT2D eigenvalue weighted by atomic mass is 15.5. The summed E-state index contributed by atoms with van der Waals surface area (Å²) in [5.41, 5.74) is 5.49. The lowest BCUT2D eigenvalue weighted by atomic mass is 9.91. The Balaban J connectivity index is 1.31. The van der Waals surface area contributed by atoms with Crippen LogP contribution in [0.25, 0.3) is 5.65 Å². The molecule has 0 aliphatic heterocycles. The predicted octanol–water partition coefficient (Wildman–Crippen LogP) is 3.79. The van der Waals surface area contributed by atoms with Crippen molar-refractivity contribution < 1.29 is 0 Å². The topological polar surface area (TPSA) is 96.7 Å². The first kappa shape index (κ1) is 19.9. The number of aryl methyl sites for hydroxylation is 1. The summed E-state index contributed by atoms with van der Waals surface area (Å²) in [4.78, 5) is 4.60. The van der Waals surface area contributed by atoms with Crippen molar-refractivity contribution in [2.24, 2.45) is 0 Å². The second-order valence-electron chi connectivity index (χ2n) is 7.69. The Morgan fingerprint density at radius 3 is 2.56 bits per heavy atom. The van der Waals surface area contributed by atoms with Gasteiger partial charge in [-0.15, -0.1) is 10.2 Å². The number of aromatic amines is 1. The van der Waals surface area contributed by atoms with E-state index in [0.717, 1.165) is 30.0 Å². The fourth-order valence-corrected chi connectivity index (χ4v) is 3.85. The van der Waals surface area contributed by atoms with Crippen LogP contribution in [0, 0.1) is 0 Å². The van der Waals surface area contributed by atoms with Crippen molar-refractivity contribution in [3.8, 4) is 0 Å². The molecule has 8 nitrogen and oxygen atoms in total. The molecule has 2 N–H and O–H groups in total. The standard InChI is InChI=1S/C24H24N8/c1-2-20-15-23(32-22(27-20)12-13-26-32)25-16-18-10-8-17(9-11-18)14-21(24-28-30-31-29-24)19-6-4-3-5-7-19/h3-13,15,21,25H,2,14,16H2,1H3,(H,28,29,30,31). The van der Waals surface area contributed by atoms with Gasteiger partial charge in [-0.05, 0) is 29.5 Å². The minimum atomic E-state index is 0.0521. The third kappa shape index (κ3) is 4.20. The van der Waals surface area contributed by atoms with Gasteiger partial charge in [0, 0.05) is 24.4 Å². The summed E-state index contributed by atoms with van der Waals surface area (Å²) in [5.74, 6) is 1.70. The molecule has 0 saturated heterocycles. The molecule has 2 aromatic carbocycles. The van der Waals surface area contributed by atoms with Crippen LogP contribution in [0.3, 0.4) is 0 Å². The Labute approximate surface area is 185 Å². The van der Waals surface area contributed by atoms with Crippen LogP contribution in [-0.4, -0.2) is 35.2 Å². The SMILES string of the molecule is CCc1cc(NCc2ccc(CC(c3ccccc3)c3nn[nH]n3)cc2)n2nccc2n1. The Kier molecular flexibility index (Phi) is 5.57. The molecule has 0 bridgehead atoms. The molecule has 32 heavy (non-hydrogen) atoms. The van der Waals surface area contributed by atoms with Crippen molar-refractivity contribution >= 4 is 11.5 Å². The van der Waals surface area contributed by atoms with Gasteiger partial charge in [-0.25, -0.2) is 4.98 Å². The summed E-state index contributed by atoms with van der Waals surface area (Å²) in [6.07, 6.45) is 3.46. The number of fused-ring (bicyclic) bond motifs is 1. The summed E-state index contributed by atoms with van der Waals surface area (Å²) in [5, 5.41) is 22.7. The largest absolute Gasteiger partial charge is 0.366 e. The first-order valence-electron chi connectivity index (χ1n) is 10.7. The Morgan fingerprint density at radius 2 is 1.81 bits per heavy atom. The normalized spacial score (nSPS) is 12.2. The van der Waals surface area contributed by atoms with Crippen molar-refractivity contribution in [2.45, 2.75) is 32.2 Å². The zero-order valence-corrected chi connectivity index (χ0v) is 17.8. The number of benzene rings is 2. The Bertz CT molecular complexity index is 1280. The van der Waals surface area contributed by atoms with Crippen molar-refractivity contribution in [2.75, 3.05) is 5.32 Å². The second kappa shape index (κ2) is 8.97. The molecule has 0 aliphatic carbocycles. The van der Waals surface area contributed by atoms with Gasteiger partial charge in [-0.3, -0.25) is 0 Å². The van der Waals surface area contributed by atoms with E-state index in [9.17, 15) is 0 Å². The first-order valence-corrected chi connectivity index (χ1v) is 10.7. The van der Waals surface area contributed by atoms with Gasteiger partial charge in [0.15, 0.2) is 11.5 Å². The van der Waals surface area contributed by atoms with Crippen LogP contribution < -0.4 is 5.32 Å². The maximum absolute atomic E-state index is 4.60. The summed E-state index contributed by atoms with van der Waals surface area (Å²) in [6, 6.07) is 22.9. The van der Waals surface area contributed by atoms with E-state index < -0.39 is 0 Å². The third-order valence-corrected chi connectivity index (χ3v) is 5.59. The Hall–Kier alpha value is -4.07. The van der Waals surface area contributed by atoms with Crippen LogP contribution in [0.5, 0.6) is 0 Å². The lowest BCUT2D eigenvalue weighted by molar-refractivity contribution is 0.739. The molecule has 5 rings (SSSR count). The maximum Gasteiger partial charge on any atom is 0.182 e. The average Bonchev–Trinajstić information content (AvgIpc) is 3.54. The number of rotatable bonds is 8. The van der Waals surface area contributed by atoms with Gasteiger partial charge in [-0.1, -0.05) is 66.7 Å². The van der Waals surface area contributed by atoms with Gasteiger partial charge in [-0.2, -0.15) is 14.8 Å². The summed E-state index contributed by atoms with van der Waals surface area (Å²) in [6.45, 7) is 2.81. The molecule has 0 fully saturated rings. The van der Waals surface area contributed by atoms with Gasteiger partial charge in [0.05, 0.1) is 12.1 Å². The molecular formula is C24H24N8. The van der Waals surface area contributed by atoms with Crippen molar-refractivity contribution in [1.29, 1.82) is 0 Å². The molecule has 0 spiro atoms. The molecule has 0 radical (unpaired) electrons. The lowest BCUT2D eigenvalue weighted by Crippen LogP contribution is -2.08. The van der Waals surface area contributed by atoms with Crippen molar-refractivity contribution in [1.82, 2.24) is 35.2 Å². The molecule has 5 aromatic rings. The van der Waals surface area contributed by atoms with Gasteiger partial charge >= 0.3 is 0 Å². The molecule has 160 valence electrons. The van der Waals surface area contributed by atoms with E-state index in [2.05, 4.69) is 85.4 Å². The fraction of sp³-hybridized carbons (Fsp3) is 0.208. The highest BCUT2D eigenvalue weighted by Gasteiger charge is 2.19. The van der Waals surface area contributed by atoms with Crippen LogP contribution in [0.4, 0.5) is 5.82 Å². The van der Waals surface area contributed by atoms with E-state index in [0.29, 0.717) is 12.4 Å². The minimum absolute atomic E-state index is 0.0521. The molecular weight excluding hydrogens is 400 g/mol. The van der Waals surface area contributed by atoms with Crippen molar-refractivity contribution in [3.63, 3.8) is 0 Å². The number of hydrogen-bond acceptors (Lipinski definition) is 6. The van der Waals surface area contributed by atoms with Crippen LogP contribution in [0.1, 0.15) is 41.1 Å². The van der Waals surface area contributed by atoms with Gasteiger partial charge < -0.3 is 5.32 Å². The van der Waals surface area contributed by atoms with Crippen LogP contribution in [0.15, 0.2) is 72.9 Å². The number of hydrogen-bond donors (Lipinski definition) is 2. The Morgan fingerprint density at radius 1 is 1.00 bits per heavy atom. The van der Waals surface area contributed by atoms with E-state index in [1.165, 1.54) is 16.7 Å². The summed E-state index contributed by atoms with van der Waals surface area (Å²) in [7, 11) is 0. The van der Waals surface area contributed by atoms with Crippen LogP contribution in [0.2, 0.25) is 0 Å². The van der Waals surface area contributed by atoms with Crippen molar-refractivity contribution in [3.05, 3.63) is 101 Å². The maximum atomic E-state index is 4.60. The van der Waals surface area contributed by atoms with E-state index >= 15 is 0 Å². The highest BCUT2D eigenvalue weighted by Crippen LogP contribution is 2.26. The molecule has 0 amide bonds. The summed E-state index contributed by atoms with van der Waals surface area (Å²) >= 11 is 0. The molecule has 1 atom stereocenters. The smallest absolute Gasteiger partial charge is 0.182 e. The number of aromatic nitrogens is 7. The minimum Gasteiger partial charge on any atom is -0.366 e. The first-order chi connectivity index (χ1) is 15.8. The molecule has 3 aromatic heterocycles. The molecule has 1 unspecified atom stereocenters. The number of tetrazole rings is 1. The van der Waals surface area contributed by atoms with Gasteiger partial charge in [0.1, 0.15) is 5.82 Å².